The molecule has 16 nitrogen and oxygen atoms in total. The number of benzene rings is 2. The van der Waals surface area contributed by atoms with E-state index in [-0.39, 0.29) is 77.5 Å². The van der Waals surface area contributed by atoms with Crippen LogP contribution in [0.1, 0.15) is 155 Å². The normalized spacial score (nSPS) is 24.4. The highest BCUT2D eigenvalue weighted by Crippen LogP contribution is 2.37. The van der Waals surface area contributed by atoms with E-state index < -0.39 is 30.2 Å². The smallest absolute Gasteiger partial charge is 0.246 e. The van der Waals surface area contributed by atoms with Gasteiger partial charge >= 0.3 is 0 Å². The molecule has 0 aromatic heterocycles. The molecular weight excluding hydrogens is 903 g/mol. The molecule has 0 saturated carbocycles. The molecule has 0 radical (unpaired) electrons. The molecule has 8 atom stereocenters. The van der Waals surface area contributed by atoms with Crippen molar-refractivity contribution in [1.29, 1.82) is 0 Å². The quantitative estimate of drug-likeness (QED) is 0.140. The van der Waals surface area contributed by atoms with Crippen molar-refractivity contribution in [2.45, 2.75) is 166 Å². The van der Waals surface area contributed by atoms with Gasteiger partial charge in [0.25, 0.3) is 0 Å². The molecule has 16 heteroatoms. The maximum absolute atomic E-state index is 14.5. The van der Waals surface area contributed by atoms with Crippen LogP contribution in [0.2, 0.25) is 0 Å². The van der Waals surface area contributed by atoms with Crippen LogP contribution in [0.4, 0.5) is 0 Å². The van der Waals surface area contributed by atoms with Gasteiger partial charge in [0.1, 0.15) is 24.2 Å². The van der Waals surface area contributed by atoms with Crippen molar-refractivity contribution in [2.24, 2.45) is 17.8 Å². The first-order valence-electron chi connectivity index (χ1n) is 26.8. The first-order chi connectivity index (χ1) is 34.4. The number of Topliss-reactive ketones (excluding diaryl/α,β-unsaturated/α-hetero) is 1. The molecule has 0 unspecified atom stereocenters. The summed E-state index contributed by atoms with van der Waals surface area (Å²) < 4.78 is 11.2. The number of likely N-dealkylation sites (N-methyl/N-ethyl adjacent to an activating group) is 1. The number of nitrogens with zero attached hydrogens (tertiary/aromatic N) is 2. The van der Waals surface area contributed by atoms with Gasteiger partial charge in [0, 0.05) is 57.4 Å². The Kier molecular flexibility index (Phi) is 17.6. The van der Waals surface area contributed by atoms with Crippen LogP contribution in [-0.2, 0) is 57.5 Å². The highest BCUT2D eigenvalue weighted by atomic mass is 16.5. The van der Waals surface area contributed by atoms with Crippen LogP contribution < -0.4 is 26.6 Å². The van der Waals surface area contributed by atoms with Crippen molar-refractivity contribution in [3.63, 3.8) is 0 Å². The minimum atomic E-state index is -0.747. The number of nitrogens with one attached hydrogen (secondary N) is 5. The molecule has 2 aliphatic carbocycles. The van der Waals surface area contributed by atoms with E-state index >= 15 is 0 Å². The number of ketones is 1. The molecule has 6 aliphatic rings. The van der Waals surface area contributed by atoms with E-state index in [4.69, 9.17) is 9.47 Å². The Labute approximate surface area is 419 Å². The fourth-order valence-electron chi connectivity index (χ4n) is 12.0. The highest BCUT2D eigenvalue weighted by molar-refractivity contribution is 6.00. The Balaban J connectivity index is 0.930. The van der Waals surface area contributed by atoms with Crippen LogP contribution in [0, 0.1) is 17.8 Å². The number of amides is 6. The van der Waals surface area contributed by atoms with Gasteiger partial charge in [0.2, 0.25) is 35.4 Å². The third kappa shape index (κ3) is 11.9. The summed E-state index contributed by atoms with van der Waals surface area (Å²) in [5.74, 6) is -1.64. The highest BCUT2D eigenvalue weighted by Gasteiger charge is 2.44. The number of hydrogen-bond donors (Lipinski definition) is 5. The van der Waals surface area contributed by atoms with Gasteiger partial charge in [-0.1, -0.05) is 50.2 Å². The third-order valence-corrected chi connectivity index (χ3v) is 16.6. The second-order valence-corrected chi connectivity index (χ2v) is 20.9. The first-order valence-corrected chi connectivity index (χ1v) is 26.8. The number of rotatable bonds is 17. The monoisotopic (exact) mass is 980 g/mol. The molecule has 4 aliphatic heterocycles. The zero-order chi connectivity index (χ0) is 50.2. The van der Waals surface area contributed by atoms with Crippen molar-refractivity contribution in [3.05, 3.63) is 69.8 Å². The Bertz CT molecular complexity index is 2280. The van der Waals surface area contributed by atoms with Gasteiger partial charge in [-0.15, -0.1) is 0 Å². The van der Waals surface area contributed by atoms with Crippen LogP contribution in [0.3, 0.4) is 0 Å². The zero-order valence-electron chi connectivity index (χ0n) is 42.4. The van der Waals surface area contributed by atoms with Gasteiger partial charge in [-0.05, 0) is 150 Å². The second kappa shape index (κ2) is 24.0. The van der Waals surface area contributed by atoms with E-state index in [1.54, 1.807) is 23.8 Å². The average molecular weight is 980 g/mol. The number of carbonyl (C=O) groups is 7. The molecule has 0 bridgehead atoms. The van der Waals surface area contributed by atoms with E-state index in [2.05, 4.69) is 26.6 Å². The van der Waals surface area contributed by atoms with Crippen LogP contribution >= 0.6 is 0 Å². The van der Waals surface area contributed by atoms with Gasteiger partial charge in [-0.3, -0.25) is 33.6 Å². The Morgan fingerprint density at radius 2 is 1.11 bits per heavy atom. The molecule has 5 N–H and O–H groups in total. The Morgan fingerprint density at radius 3 is 1.63 bits per heavy atom. The summed E-state index contributed by atoms with van der Waals surface area (Å²) in [6.45, 7) is 8.55. The SMILES string of the molecule is CC[C@@H](C)C(=O)N[C@H](C(=O)N1CCC[C@H]1C(=O)N[C@@H]1CCCc2c(C(=O)Cc3cccc4c3CCC[C@H]4NC(=O)[C@@H]3CCCN3C(=O)[C@@H](NC(=O)[C@H](C)NC)C3CCOCC3)cccc21)C1CCOCC1. The fourth-order valence-corrected chi connectivity index (χ4v) is 12.0. The third-order valence-electron chi connectivity index (χ3n) is 16.6. The van der Waals surface area contributed by atoms with Crippen molar-refractivity contribution in [1.82, 2.24) is 36.4 Å². The standard InChI is InChI=1S/C55H77N7O9/c1-5-33(2)50(64)59-48(35-22-28-70-29-23-35)54(68)61-26-10-21-46(61)53(67)58-44-19-9-14-39-41(44)16-7-17-42(39)47(63)32-37-12-6-15-40-38(37)13-8-18-43(40)57-52(66)45-20-11-27-62(45)55(69)49(36-24-30-71-31-25-36)60-51(65)34(3)56-4/h6-7,12,15-17,33-36,43-46,48-49,56H,5,8-11,13-14,18-32H2,1-4H3,(H,57,66)(H,58,67)(H,59,64)(H,60,65)/t33-,34+,43-,44-,45+,46+,48+,49+/m1/s1. The Hall–Kier alpha value is -5.19. The second-order valence-electron chi connectivity index (χ2n) is 20.9. The van der Waals surface area contributed by atoms with Gasteiger partial charge in [-0.25, -0.2) is 0 Å². The summed E-state index contributed by atoms with van der Waals surface area (Å²) in [6, 6.07) is 7.94. The maximum atomic E-state index is 14.5. The van der Waals surface area contributed by atoms with Gasteiger partial charge < -0.3 is 45.9 Å². The van der Waals surface area contributed by atoms with Gasteiger partial charge in [0.05, 0.1) is 18.1 Å². The summed E-state index contributed by atoms with van der Waals surface area (Å²) in [5.41, 5.74) is 5.52. The lowest BCUT2D eigenvalue weighted by Crippen LogP contribution is -2.58. The molecule has 0 spiro atoms. The van der Waals surface area contributed by atoms with Crippen molar-refractivity contribution in [2.75, 3.05) is 46.6 Å². The van der Waals surface area contributed by atoms with E-state index in [9.17, 15) is 33.6 Å². The van der Waals surface area contributed by atoms with Crippen molar-refractivity contribution >= 4 is 41.2 Å². The zero-order valence-corrected chi connectivity index (χ0v) is 42.4. The summed E-state index contributed by atoms with van der Waals surface area (Å²) in [7, 11) is 1.70. The molecule has 386 valence electrons. The number of ether oxygens (including phenoxy) is 2. The lowest BCUT2D eigenvalue weighted by molar-refractivity contribution is -0.144. The number of likely N-dealkylation sites (tertiary alicyclic amines) is 2. The number of carbonyl (C=O) groups excluding carboxylic acids is 7. The van der Waals surface area contributed by atoms with Crippen LogP contribution in [0.25, 0.3) is 0 Å². The molecule has 4 saturated heterocycles. The van der Waals surface area contributed by atoms with Crippen LogP contribution in [-0.4, -0.2) is 128 Å². The van der Waals surface area contributed by atoms with E-state index in [1.807, 2.05) is 50.2 Å². The van der Waals surface area contributed by atoms with Crippen LogP contribution in [0.15, 0.2) is 36.4 Å². The summed E-state index contributed by atoms with van der Waals surface area (Å²) in [5, 5.41) is 15.7. The average Bonchev–Trinajstić information content (AvgIpc) is 4.11. The minimum absolute atomic E-state index is 0.00469. The Morgan fingerprint density at radius 1 is 0.620 bits per heavy atom. The number of fused-ring (bicyclic) bond motifs is 2. The fraction of sp³-hybridized carbons (Fsp3) is 0.655. The molecule has 4 fully saturated rings. The first kappa shape index (κ1) is 52.1. The number of hydrogen-bond acceptors (Lipinski definition) is 10. The largest absolute Gasteiger partial charge is 0.381 e. The summed E-state index contributed by atoms with van der Waals surface area (Å²) in [6.07, 6.45) is 10.5. The predicted octanol–water partition coefficient (Wildman–Crippen LogP) is 4.56. The minimum Gasteiger partial charge on any atom is -0.381 e. The molecule has 2 aromatic rings. The van der Waals surface area contributed by atoms with Crippen LogP contribution in [0.5, 0.6) is 0 Å². The summed E-state index contributed by atoms with van der Waals surface area (Å²) >= 11 is 0. The predicted molar refractivity (Wildman–Crippen MR) is 267 cm³/mol. The van der Waals surface area contributed by atoms with E-state index in [0.717, 1.165) is 53.5 Å². The van der Waals surface area contributed by atoms with Gasteiger partial charge in [0.15, 0.2) is 5.78 Å². The van der Waals surface area contributed by atoms with Crippen molar-refractivity contribution < 1.29 is 43.0 Å². The summed E-state index contributed by atoms with van der Waals surface area (Å²) in [4.78, 5) is 101. The lowest BCUT2D eigenvalue weighted by atomic mass is 9.81. The van der Waals surface area contributed by atoms with E-state index in [1.165, 1.54) is 0 Å². The maximum Gasteiger partial charge on any atom is 0.246 e. The van der Waals surface area contributed by atoms with Crippen molar-refractivity contribution in [3.8, 4) is 0 Å². The topological polar surface area (TPSA) is 205 Å². The molecule has 2 aromatic carbocycles. The molecule has 6 amide bonds. The molecule has 71 heavy (non-hydrogen) atoms. The molecule has 4 heterocycles. The van der Waals surface area contributed by atoms with Gasteiger partial charge in [-0.2, -0.15) is 0 Å². The van der Waals surface area contributed by atoms with E-state index in [0.29, 0.717) is 116 Å². The molecule has 8 rings (SSSR count). The molecular formula is C55H77N7O9. The lowest BCUT2D eigenvalue weighted by Gasteiger charge is -2.36.